The van der Waals surface area contributed by atoms with Gasteiger partial charge in [0.05, 0.1) is 6.21 Å². The average Bonchev–Trinajstić information content (AvgIpc) is 3.03. The number of fused-ring (bicyclic) bond motifs is 1. The van der Waals surface area contributed by atoms with Crippen LogP contribution in [0.4, 0.5) is 4.79 Å². The molecule has 1 aromatic carbocycles. The SMILES string of the molecule is Cc1[nH]c2ccccc2c1C=NN1C(=O)NC2(CCC(C)CC2)C1=O. The van der Waals surface area contributed by atoms with Crippen LogP contribution in [0.2, 0.25) is 0 Å². The van der Waals surface area contributed by atoms with Crippen molar-refractivity contribution in [3.8, 4) is 0 Å². The van der Waals surface area contributed by atoms with Crippen LogP contribution in [0, 0.1) is 12.8 Å². The molecule has 3 amide bonds. The second kappa shape index (κ2) is 5.72. The van der Waals surface area contributed by atoms with Crippen molar-refractivity contribution in [3.63, 3.8) is 0 Å². The predicted molar refractivity (Wildman–Crippen MR) is 96.4 cm³/mol. The molecule has 2 aromatic rings. The maximum Gasteiger partial charge on any atom is 0.346 e. The number of hydrogen-bond acceptors (Lipinski definition) is 3. The lowest BCUT2D eigenvalue weighted by atomic mass is 9.77. The highest BCUT2D eigenvalue weighted by Crippen LogP contribution is 2.36. The Morgan fingerprint density at radius 1 is 1.24 bits per heavy atom. The zero-order valence-corrected chi connectivity index (χ0v) is 14.5. The Labute approximate surface area is 146 Å². The summed E-state index contributed by atoms with van der Waals surface area (Å²) in [5.74, 6) is 0.375. The topological polar surface area (TPSA) is 77.6 Å². The van der Waals surface area contributed by atoms with Crippen LogP contribution in [-0.4, -0.2) is 33.7 Å². The number of carbonyl (C=O) groups is 2. The molecular formula is C19H22N4O2. The Hall–Kier alpha value is -2.63. The molecule has 2 heterocycles. The fourth-order valence-corrected chi connectivity index (χ4v) is 3.88. The maximum absolute atomic E-state index is 12.8. The summed E-state index contributed by atoms with van der Waals surface area (Å²) in [5, 5.41) is 9.14. The second-order valence-electron chi connectivity index (χ2n) is 7.27. The minimum Gasteiger partial charge on any atom is -0.358 e. The van der Waals surface area contributed by atoms with Gasteiger partial charge in [0.2, 0.25) is 0 Å². The number of amides is 3. The number of nitrogens with one attached hydrogen (secondary N) is 2. The molecule has 6 heteroatoms. The third-order valence-corrected chi connectivity index (χ3v) is 5.51. The van der Waals surface area contributed by atoms with E-state index in [9.17, 15) is 9.59 Å². The minimum atomic E-state index is -0.754. The standard InChI is InChI=1S/C19H22N4O2/c1-12-7-9-19(10-8-12)17(24)23(18(25)22-19)20-11-15-13(2)21-16-6-4-3-5-14(15)16/h3-6,11-12,21H,7-10H2,1-2H3,(H,22,25). The van der Waals surface area contributed by atoms with Crippen molar-refractivity contribution in [1.29, 1.82) is 0 Å². The van der Waals surface area contributed by atoms with Crippen molar-refractivity contribution in [1.82, 2.24) is 15.3 Å². The van der Waals surface area contributed by atoms with Gasteiger partial charge in [-0.3, -0.25) is 4.79 Å². The van der Waals surface area contributed by atoms with E-state index in [1.165, 1.54) is 0 Å². The highest BCUT2D eigenvalue weighted by atomic mass is 16.2. The third kappa shape index (κ3) is 2.52. The number of H-pyrrole nitrogens is 1. The van der Waals surface area contributed by atoms with Crippen molar-refractivity contribution in [3.05, 3.63) is 35.5 Å². The van der Waals surface area contributed by atoms with E-state index in [2.05, 4.69) is 22.3 Å². The fraction of sp³-hybridized carbons (Fsp3) is 0.421. The van der Waals surface area contributed by atoms with Gasteiger partial charge in [0, 0.05) is 22.2 Å². The van der Waals surface area contributed by atoms with Crippen molar-refractivity contribution in [2.24, 2.45) is 11.0 Å². The van der Waals surface area contributed by atoms with Crippen LogP contribution in [0.5, 0.6) is 0 Å². The molecule has 1 saturated heterocycles. The van der Waals surface area contributed by atoms with E-state index in [1.54, 1.807) is 6.21 Å². The summed E-state index contributed by atoms with van der Waals surface area (Å²) in [7, 11) is 0. The summed E-state index contributed by atoms with van der Waals surface area (Å²) in [6.45, 7) is 4.14. The summed E-state index contributed by atoms with van der Waals surface area (Å²) < 4.78 is 0. The number of para-hydroxylation sites is 1. The number of benzene rings is 1. The number of imide groups is 1. The van der Waals surface area contributed by atoms with E-state index in [1.807, 2.05) is 31.2 Å². The van der Waals surface area contributed by atoms with Crippen molar-refractivity contribution in [2.45, 2.75) is 45.1 Å². The molecule has 0 atom stereocenters. The summed E-state index contributed by atoms with van der Waals surface area (Å²) in [6, 6.07) is 7.48. The molecule has 1 spiro atoms. The van der Waals surface area contributed by atoms with Crippen LogP contribution in [-0.2, 0) is 4.79 Å². The van der Waals surface area contributed by atoms with Crippen LogP contribution in [0.25, 0.3) is 10.9 Å². The van der Waals surface area contributed by atoms with Gasteiger partial charge >= 0.3 is 6.03 Å². The number of urea groups is 1. The molecule has 25 heavy (non-hydrogen) atoms. The normalized spacial score (nSPS) is 27.0. The number of hydrogen-bond donors (Lipinski definition) is 2. The molecule has 2 N–H and O–H groups in total. The number of aromatic amines is 1. The number of hydrazone groups is 1. The van der Waals surface area contributed by atoms with Gasteiger partial charge in [0.15, 0.2) is 0 Å². The van der Waals surface area contributed by atoms with E-state index in [0.29, 0.717) is 18.8 Å². The van der Waals surface area contributed by atoms with Crippen molar-refractivity contribution in [2.75, 3.05) is 0 Å². The minimum absolute atomic E-state index is 0.224. The zero-order valence-electron chi connectivity index (χ0n) is 14.5. The predicted octanol–water partition coefficient (Wildman–Crippen LogP) is 3.31. The summed E-state index contributed by atoms with van der Waals surface area (Å²) in [5.41, 5.74) is 2.11. The van der Waals surface area contributed by atoms with Gasteiger partial charge in [0.1, 0.15) is 5.54 Å². The number of carbonyl (C=O) groups excluding carboxylic acids is 2. The molecule has 1 aromatic heterocycles. The first kappa shape index (κ1) is 15.9. The first-order chi connectivity index (χ1) is 12.0. The lowest BCUT2D eigenvalue weighted by molar-refractivity contribution is -0.132. The van der Waals surface area contributed by atoms with Gasteiger partial charge in [-0.2, -0.15) is 5.10 Å². The van der Waals surface area contributed by atoms with E-state index < -0.39 is 11.6 Å². The summed E-state index contributed by atoms with van der Waals surface area (Å²) in [6.07, 6.45) is 4.89. The van der Waals surface area contributed by atoms with Crippen LogP contribution >= 0.6 is 0 Å². The maximum atomic E-state index is 12.8. The smallest absolute Gasteiger partial charge is 0.346 e. The molecule has 6 nitrogen and oxygen atoms in total. The number of rotatable bonds is 2. The monoisotopic (exact) mass is 338 g/mol. The fourth-order valence-electron chi connectivity index (χ4n) is 3.88. The Bertz CT molecular complexity index is 875. The highest BCUT2D eigenvalue weighted by Gasteiger charge is 2.52. The molecule has 2 fully saturated rings. The van der Waals surface area contributed by atoms with E-state index >= 15 is 0 Å². The third-order valence-electron chi connectivity index (χ3n) is 5.51. The molecule has 0 radical (unpaired) electrons. The van der Waals surface area contributed by atoms with Crippen LogP contribution in [0.1, 0.15) is 43.9 Å². The van der Waals surface area contributed by atoms with Crippen molar-refractivity contribution >= 4 is 29.1 Å². The molecule has 0 bridgehead atoms. The lowest BCUT2D eigenvalue weighted by Crippen LogP contribution is -2.49. The van der Waals surface area contributed by atoms with Crippen LogP contribution in [0.3, 0.4) is 0 Å². The quantitative estimate of drug-likeness (QED) is 0.651. The van der Waals surface area contributed by atoms with Crippen LogP contribution < -0.4 is 5.32 Å². The lowest BCUT2D eigenvalue weighted by Gasteiger charge is -2.33. The molecule has 1 aliphatic heterocycles. The van der Waals surface area contributed by atoms with Gasteiger partial charge < -0.3 is 10.3 Å². The zero-order chi connectivity index (χ0) is 17.6. The van der Waals surface area contributed by atoms with E-state index in [-0.39, 0.29) is 5.91 Å². The van der Waals surface area contributed by atoms with Gasteiger partial charge in [0.25, 0.3) is 5.91 Å². The number of nitrogens with zero attached hydrogens (tertiary/aromatic N) is 2. The first-order valence-electron chi connectivity index (χ1n) is 8.78. The van der Waals surface area contributed by atoms with E-state index in [0.717, 1.165) is 40.0 Å². The highest BCUT2D eigenvalue weighted by molar-refractivity contribution is 6.08. The first-order valence-corrected chi connectivity index (χ1v) is 8.78. The Balaban J connectivity index is 1.62. The van der Waals surface area contributed by atoms with Crippen molar-refractivity contribution < 1.29 is 9.59 Å². The molecule has 2 aliphatic rings. The Morgan fingerprint density at radius 2 is 1.96 bits per heavy atom. The second-order valence-corrected chi connectivity index (χ2v) is 7.27. The largest absolute Gasteiger partial charge is 0.358 e. The Morgan fingerprint density at radius 3 is 2.72 bits per heavy atom. The summed E-state index contributed by atoms with van der Waals surface area (Å²) >= 11 is 0. The molecule has 0 unspecified atom stereocenters. The molecular weight excluding hydrogens is 316 g/mol. The van der Waals surface area contributed by atoms with E-state index in [4.69, 9.17) is 0 Å². The summed E-state index contributed by atoms with van der Waals surface area (Å²) in [4.78, 5) is 28.4. The number of aryl methyl sites for hydroxylation is 1. The molecule has 130 valence electrons. The molecule has 1 aliphatic carbocycles. The average molecular weight is 338 g/mol. The van der Waals surface area contributed by atoms with Gasteiger partial charge in [-0.1, -0.05) is 25.1 Å². The van der Waals surface area contributed by atoms with Gasteiger partial charge in [-0.15, -0.1) is 5.01 Å². The molecule has 4 rings (SSSR count). The number of aromatic nitrogens is 1. The van der Waals surface area contributed by atoms with Gasteiger partial charge in [-0.25, -0.2) is 4.79 Å². The molecule has 1 saturated carbocycles. The Kier molecular flexibility index (Phi) is 3.63. The van der Waals surface area contributed by atoms with Gasteiger partial charge in [-0.05, 0) is 44.6 Å². The van der Waals surface area contributed by atoms with Crippen LogP contribution in [0.15, 0.2) is 29.4 Å².